The van der Waals surface area contributed by atoms with Crippen molar-refractivity contribution in [2.75, 3.05) is 45.2 Å². The molecule has 27 heavy (non-hydrogen) atoms. The lowest BCUT2D eigenvalue weighted by Crippen LogP contribution is -2.48. The van der Waals surface area contributed by atoms with Crippen LogP contribution in [0.3, 0.4) is 0 Å². The summed E-state index contributed by atoms with van der Waals surface area (Å²) in [6, 6.07) is 3.99. The van der Waals surface area contributed by atoms with Gasteiger partial charge in [0.15, 0.2) is 0 Å². The van der Waals surface area contributed by atoms with Crippen molar-refractivity contribution < 1.29 is 9.59 Å². The lowest BCUT2D eigenvalue weighted by molar-refractivity contribution is -0.119. The molecule has 3 heterocycles. The molecule has 0 radical (unpaired) electrons. The summed E-state index contributed by atoms with van der Waals surface area (Å²) in [6.07, 6.45) is 6.81. The van der Waals surface area contributed by atoms with E-state index in [2.05, 4.69) is 4.90 Å². The van der Waals surface area contributed by atoms with Crippen molar-refractivity contribution >= 4 is 18.1 Å². The molecule has 0 spiro atoms. The van der Waals surface area contributed by atoms with Gasteiger partial charge in [0.05, 0.1) is 11.3 Å². The second-order valence-corrected chi connectivity index (χ2v) is 8.67. The Morgan fingerprint density at radius 3 is 2.44 bits per heavy atom. The first-order valence-corrected chi connectivity index (χ1v) is 10.2. The molecule has 1 aromatic rings. The molecule has 0 unspecified atom stereocenters. The molecule has 0 N–H and O–H groups in total. The highest BCUT2D eigenvalue weighted by molar-refractivity contribution is 5.95. The fourth-order valence-corrected chi connectivity index (χ4v) is 4.40. The molecule has 1 aliphatic carbocycles. The van der Waals surface area contributed by atoms with Crippen molar-refractivity contribution in [3.63, 3.8) is 0 Å². The summed E-state index contributed by atoms with van der Waals surface area (Å²) in [5.74, 6) is 3.03. The number of pyridine rings is 1. The van der Waals surface area contributed by atoms with Gasteiger partial charge in [0, 0.05) is 46.2 Å². The van der Waals surface area contributed by atoms with Crippen LogP contribution in [0.1, 0.15) is 54.1 Å². The quantitative estimate of drug-likeness (QED) is 0.722. The predicted molar refractivity (Wildman–Crippen MR) is 105 cm³/mol. The second-order valence-electron chi connectivity index (χ2n) is 8.67. The molecule has 2 saturated heterocycles. The highest BCUT2D eigenvalue weighted by Gasteiger charge is 2.34. The van der Waals surface area contributed by atoms with E-state index in [1.54, 1.807) is 19.0 Å². The number of carbonyl (C=O) groups excluding carboxylic acids is 2. The Bertz CT molecular complexity index is 702. The third kappa shape index (κ3) is 3.94. The normalized spacial score (nSPS) is 21.1. The van der Waals surface area contributed by atoms with Gasteiger partial charge in [-0.05, 0) is 56.1 Å². The van der Waals surface area contributed by atoms with Gasteiger partial charge in [0.25, 0.3) is 5.91 Å². The Morgan fingerprint density at radius 2 is 1.85 bits per heavy atom. The van der Waals surface area contributed by atoms with Gasteiger partial charge in [0.2, 0.25) is 6.41 Å². The minimum absolute atomic E-state index is 0.0547. The number of nitrogens with zero attached hydrogens (tertiary/aromatic N) is 4. The zero-order valence-electron chi connectivity index (χ0n) is 16.4. The van der Waals surface area contributed by atoms with Gasteiger partial charge in [-0.25, -0.2) is 4.98 Å². The lowest BCUT2D eigenvalue weighted by atomic mass is 9.83. The van der Waals surface area contributed by atoms with E-state index in [0.29, 0.717) is 5.92 Å². The molecule has 2 aliphatic heterocycles. The molecule has 3 aliphatic rings. The van der Waals surface area contributed by atoms with Crippen LogP contribution in [0.25, 0.3) is 0 Å². The molecule has 6 nitrogen and oxygen atoms in total. The number of carbonyl (C=O) groups is 2. The second kappa shape index (κ2) is 7.49. The average molecular weight is 370 g/mol. The minimum Gasteiger partial charge on any atom is -0.356 e. The maximum atomic E-state index is 12.4. The molecule has 0 atom stereocenters. The van der Waals surface area contributed by atoms with Crippen molar-refractivity contribution in [3.05, 3.63) is 23.4 Å². The van der Waals surface area contributed by atoms with Crippen molar-refractivity contribution in [1.29, 1.82) is 0 Å². The van der Waals surface area contributed by atoms with Crippen LogP contribution in [0.2, 0.25) is 0 Å². The molecule has 0 aromatic carbocycles. The first-order chi connectivity index (χ1) is 13.0. The summed E-state index contributed by atoms with van der Waals surface area (Å²) < 4.78 is 0. The topological polar surface area (TPSA) is 56.8 Å². The molecular weight excluding hydrogens is 340 g/mol. The van der Waals surface area contributed by atoms with Gasteiger partial charge in [0.1, 0.15) is 5.82 Å². The molecular formula is C21H30N4O2. The zero-order valence-corrected chi connectivity index (χ0v) is 16.4. The number of likely N-dealkylation sites (tertiary alicyclic amines) is 1. The van der Waals surface area contributed by atoms with Gasteiger partial charge in [-0.1, -0.05) is 0 Å². The van der Waals surface area contributed by atoms with Gasteiger partial charge in [-0.2, -0.15) is 0 Å². The van der Waals surface area contributed by atoms with Crippen LogP contribution in [0.4, 0.5) is 5.82 Å². The highest BCUT2D eigenvalue weighted by Crippen LogP contribution is 2.42. The van der Waals surface area contributed by atoms with Gasteiger partial charge < -0.3 is 14.7 Å². The van der Waals surface area contributed by atoms with E-state index in [9.17, 15) is 9.59 Å². The largest absolute Gasteiger partial charge is 0.356 e. The summed E-state index contributed by atoms with van der Waals surface area (Å²) in [6.45, 7) is 3.95. The summed E-state index contributed by atoms with van der Waals surface area (Å²) in [4.78, 5) is 34.0. The number of piperidine rings is 1. The van der Waals surface area contributed by atoms with Gasteiger partial charge in [-0.3, -0.25) is 9.59 Å². The fraction of sp³-hybridized carbons (Fsp3) is 0.667. The third-order valence-corrected chi connectivity index (χ3v) is 6.26. The van der Waals surface area contributed by atoms with Crippen LogP contribution in [0.15, 0.2) is 12.1 Å². The van der Waals surface area contributed by atoms with Crippen molar-refractivity contribution in [3.8, 4) is 0 Å². The molecule has 3 fully saturated rings. The SMILES string of the molecule is CN(C)C(=O)c1ccc(N2CC(CC3CCN(C=O)CC3)C2)nc1C1CC1. The summed E-state index contributed by atoms with van der Waals surface area (Å²) >= 11 is 0. The Balaban J connectivity index is 1.35. The van der Waals surface area contributed by atoms with Crippen LogP contribution >= 0.6 is 0 Å². The molecule has 2 amide bonds. The van der Waals surface area contributed by atoms with Crippen LogP contribution in [-0.2, 0) is 4.79 Å². The number of aromatic nitrogens is 1. The van der Waals surface area contributed by atoms with E-state index in [0.717, 1.165) is 87.2 Å². The minimum atomic E-state index is 0.0547. The Labute approximate surface area is 161 Å². The van der Waals surface area contributed by atoms with Crippen molar-refractivity contribution in [2.45, 2.75) is 38.0 Å². The van der Waals surface area contributed by atoms with E-state index in [1.165, 1.54) is 6.42 Å². The zero-order chi connectivity index (χ0) is 19.0. The number of hydrogen-bond acceptors (Lipinski definition) is 4. The number of rotatable bonds is 6. The van der Waals surface area contributed by atoms with Crippen LogP contribution in [0, 0.1) is 11.8 Å². The summed E-state index contributed by atoms with van der Waals surface area (Å²) in [7, 11) is 3.60. The number of anilines is 1. The lowest BCUT2D eigenvalue weighted by Gasteiger charge is -2.43. The smallest absolute Gasteiger partial charge is 0.255 e. The molecule has 0 bridgehead atoms. The van der Waals surface area contributed by atoms with Crippen LogP contribution < -0.4 is 4.90 Å². The van der Waals surface area contributed by atoms with Gasteiger partial charge >= 0.3 is 0 Å². The molecule has 4 rings (SSSR count). The standard InChI is InChI=1S/C21H30N4O2/c1-23(2)21(27)18-5-6-19(22-20(18)17-3-4-17)25-12-16(13-25)11-15-7-9-24(14-26)10-8-15/h5-6,14-17H,3-4,7-13H2,1-2H3. The number of hydrogen-bond donors (Lipinski definition) is 0. The molecule has 1 saturated carbocycles. The molecule has 1 aromatic heterocycles. The van der Waals surface area contributed by atoms with E-state index in [4.69, 9.17) is 4.98 Å². The highest BCUT2D eigenvalue weighted by atomic mass is 16.2. The van der Waals surface area contributed by atoms with Crippen LogP contribution in [0.5, 0.6) is 0 Å². The first-order valence-electron chi connectivity index (χ1n) is 10.2. The monoisotopic (exact) mass is 370 g/mol. The fourth-order valence-electron chi connectivity index (χ4n) is 4.40. The number of amides is 2. The summed E-state index contributed by atoms with van der Waals surface area (Å²) in [5.41, 5.74) is 1.76. The maximum Gasteiger partial charge on any atom is 0.255 e. The Kier molecular flexibility index (Phi) is 5.06. The average Bonchev–Trinajstić information content (AvgIpc) is 3.49. The third-order valence-electron chi connectivity index (χ3n) is 6.26. The predicted octanol–water partition coefficient (Wildman–Crippen LogP) is 2.36. The Morgan fingerprint density at radius 1 is 1.15 bits per heavy atom. The first kappa shape index (κ1) is 18.3. The van der Waals surface area contributed by atoms with E-state index in [-0.39, 0.29) is 5.91 Å². The molecule has 6 heteroatoms. The van der Waals surface area contributed by atoms with E-state index in [1.807, 2.05) is 17.0 Å². The van der Waals surface area contributed by atoms with E-state index < -0.39 is 0 Å². The summed E-state index contributed by atoms with van der Waals surface area (Å²) in [5, 5.41) is 0. The Hall–Kier alpha value is -2.11. The van der Waals surface area contributed by atoms with E-state index >= 15 is 0 Å². The van der Waals surface area contributed by atoms with Crippen molar-refractivity contribution in [2.24, 2.45) is 11.8 Å². The molecule has 146 valence electrons. The van der Waals surface area contributed by atoms with Crippen molar-refractivity contribution in [1.82, 2.24) is 14.8 Å². The van der Waals surface area contributed by atoms with Crippen LogP contribution in [-0.4, -0.2) is 67.4 Å². The van der Waals surface area contributed by atoms with Gasteiger partial charge in [-0.15, -0.1) is 0 Å². The maximum absolute atomic E-state index is 12.4.